The van der Waals surface area contributed by atoms with E-state index in [9.17, 15) is 19.5 Å². The molecule has 1 aromatic rings. The molecule has 116 valence electrons. The monoisotopic (exact) mass is 300 g/mol. The number of rotatable bonds is 3. The maximum Gasteiger partial charge on any atom is 0.508 e. The number of aliphatic hydroxyl groups excluding tert-OH is 1. The highest BCUT2D eigenvalue weighted by atomic mass is 16.7. The van der Waals surface area contributed by atoms with Gasteiger partial charge in [-0.25, -0.2) is 9.59 Å². The van der Waals surface area contributed by atoms with E-state index in [1.54, 1.807) is 6.92 Å². The molecule has 2 rings (SSSR count). The summed E-state index contributed by atoms with van der Waals surface area (Å²) in [5, 5.41) is 9.88. The largest absolute Gasteiger partial charge is 0.508 e. The molecule has 9 nitrogen and oxygen atoms in total. The third-order valence-electron chi connectivity index (χ3n) is 3.19. The van der Waals surface area contributed by atoms with Gasteiger partial charge in [-0.3, -0.25) is 14.3 Å². The number of methoxy groups -OCH3 is 1. The number of nitrogens with zero attached hydrogens (tertiary/aromatic N) is 1. The molecule has 0 spiro atoms. The molecule has 0 radical (unpaired) electrons. The molecule has 1 aromatic heterocycles. The minimum atomic E-state index is -0.904. The van der Waals surface area contributed by atoms with Crippen molar-refractivity contribution < 1.29 is 24.1 Å². The van der Waals surface area contributed by atoms with Gasteiger partial charge in [0.1, 0.15) is 18.9 Å². The Bertz CT molecular complexity index is 635. The van der Waals surface area contributed by atoms with Gasteiger partial charge in [0.05, 0.1) is 13.2 Å². The summed E-state index contributed by atoms with van der Waals surface area (Å²) in [5.41, 5.74) is -0.750. The molecule has 0 saturated carbocycles. The Labute approximate surface area is 119 Å². The van der Waals surface area contributed by atoms with Crippen LogP contribution in [0.2, 0.25) is 0 Å². The molecule has 1 aliphatic rings. The summed E-state index contributed by atoms with van der Waals surface area (Å²) in [7, 11) is 1.17. The predicted molar refractivity (Wildman–Crippen MR) is 69.0 cm³/mol. The summed E-state index contributed by atoms with van der Waals surface area (Å²) < 4.78 is 15.7. The van der Waals surface area contributed by atoms with Crippen LogP contribution >= 0.6 is 0 Å². The summed E-state index contributed by atoms with van der Waals surface area (Å²) >= 11 is 0. The molecular formula is C12H16N2O7. The van der Waals surface area contributed by atoms with Crippen LogP contribution in [0.5, 0.6) is 0 Å². The van der Waals surface area contributed by atoms with Gasteiger partial charge in [0.15, 0.2) is 0 Å². The van der Waals surface area contributed by atoms with Gasteiger partial charge in [-0.05, 0) is 6.92 Å². The molecule has 0 aliphatic carbocycles. The van der Waals surface area contributed by atoms with E-state index in [2.05, 4.69) is 9.72 Å². The SMILES string of the molecule is COC(=O)OC[C@H]1O[C@@H](n2cc(C)c(=O)[nH]c2=O)C[C@@H]1O. The Balaban J connectivity index is 2.10. The van der Waals surface area contributed by atoms with Crippen molar-refractivity contribution in [1.82, 2.24) is 9.55 Å². The second kappa shape index (κ2) is 6.10. The van der Waals surface area contributed by atoms with Gasteiger partial charge in [0.2, 0.25) is 0 Å². The van der Waals surface area contributed by atoms with Crippen molar-refractivity contribution in [2.75, 3.05) is 13.7 Å². The summed E-state index contributed by atoms with van der Waals surface area (Å²) in [6.07, 6.45) is -1.80. The van der Waals surface area contributed by atoms with Crippen LogP contribution in [-0.2, 0) is 14.2 Å². The minimum Gasteiger partial charge on any atom is -0.438 e. The standard InChI is InChI=1S/C12H16N2O7/c1-6-4-14(11(17)13-10(6)16)9-3-7(15)8(21-9)5-20-12(18)19-2/h4,7-9,15H,3,5H2,1-2H3,(H,13,16,17)/t7-,8+,9+/m0/s1. The summed E-state index contributed by atoms with van der Waals surface area (Å²) in [4.78, 5) is 36.1. The van der Waals surface area contributed by atoms with Crippen LogP contribution in [0, 0.1) is 6.92 Å². The first-order valence-electron chi connectivity index (χ1n) is 6.28. The zero-order chi connectivity index (χ0) is 15.6. The number of hydrogen-bond donors (Lipinski definition) is 2. The number of aliphatic hydroxyl groups is 1. The van der Waals surface area contributed by atoms with Gasteiger partial charge < -0.3 is 19.3 Å². The molecule has 2 heterocycles. The number of carbonyl (C=O) groups is 1. The summed E-state index contributed by atoms with van der Waals surface area (Å²) in [5.74, 6) is 0. The van der Waals surface area contributed by atoms with E-state index in [1.807, 2.05) is 0 Å². The number of ether oxygens (including phenoxy) is 3. The fraction of sp³-hybridized carbons (Fsp3) is 0.583. The van der Waals surface area contributed by atoms with Crippen LogP contribution in [0.25, 0.3) is 0 Å². The maximum absolute atomic E-state index is 11.7. The molecule has 0 bridgehead atoms. The van der Waals surface area contributed by atoms with Crippen LogP contribution in [-0.4, -0.2) is 46.7 Å². The zero-order valence-corrected chi connectivity index (χ0v) is 11.6. The number of nitrogens with one attached hydrogen (secondary N) is 1. The molecule has 0 aromatic carbocycles. The van der Waals surface area contributed by atoms with Crippen molar-refractivity contribution in [3.63, 3.8) is 0 Å². The number of aromatic nitrogens is 2. The molecular weight excluding hydrogens is 284 g/mol. The highest BCUT2D eigenvalue weighted by Crippen LogP contribution is 2.27. The van der Waals surface area contributed by atoms with E-state index in [4.69, 9.17) is 9.47 Å². The number of H-pyrrole nitrogens is 1. The third kappa shape index (κ3) is 3.31. The highest BCUT2D eigenvalue weighted by Gasteiger charge is 2.36. The van der Waals surface area contributed by atoms with Crippen molar-refractivity contribution in [2.45, 2.75) is 31.8 Å². The average Bonchev–Trinajstić information content (AvgIpc) is 2.81. The van der Waals surface area contributed by atoms with Crippen LogP contribution in [0.15, 0.2) is 15.8 Å². The van der Waals surface area contributed by atoms with Crippen LogP contribution in [0.3, 0.4) is 0 Å². The molecule has 1 aliphatic heterocycles. The second-order valence-corrected chi connectivity index (χ2v) is 4.68. The van der Waals surface area contributed by atoms with Gasteiger partial charge in [-0.15, -0.1) is 0 Å². The fourth-order valence-electron chi connectivity index (χ4n) is 2.05. The fourth-order valence-corrected chi connectivity index (χ4v) is 2.05. The summed E-state index contributed by atoms with van der Waals surface area (Å²) in [6.45, 7) is 1.36. The molecule has 21 heavy (non-hydrogen) atoms. The van der Waals surface area contributed by atoms with Gasteiger partial charge in [0, 0.05) is 18.2 Å². The zero-order valence-electron chi connectivity index (χ0n) is 11.6. The van der Waals surface area contributed by atoms with Crippen LogP contribution in [0.1, 0.15) is 18.2 Å². The lowest BCUT2D eigenvalue weighted by Crippen LogP contribution is -2.33. The molecule has 0 amide bonds. The van der Waals surface area contributed by atoms with Crippen molar-refractivity contribution >= 4 is 6.16 Å². The number of aryl methyl sites for hydroxylation is 1. The van der Waals surface area contributed by atoms with Crippen LogP contribution < -0.4 is 11.2 Å². The van der Waals surface area contributed by atoms with E-state index >= 15 is 0 Å². The van der Waals surface area contributed by atoms with E-state index in [-0.39, 0.29) is 13.0 Å². The Morgan fingerprint density at radius 2 is 2.29 bits per heavy atom. The molecule has 9 heteroatoms. The summed E-state index contributed by atoms with van der Waals surface area (Å²) in [6, 6.07) is 0. The Morgan fingerprint density at radius 3 is 2.95 bits per heavy atom. The van der Waals surface area contributed by atoms with E-state index in [1.165, 1.54) is 17.9 Å². The lowest BCUT2D eigenvalue weighted by molar-refractivity contribution is -0.0567. The first-order valence-corrected chi connectivity index (χ1v) is 6.28. The lowest BCUT2D eigenvalue weighted by atomic mass is 10.2. The average molecular weight is 300 g/mol. The Morgan fingerprint density at radius 1 is 1.57 bits per heavy atom. The molecule has 0 unspecified atom stereocenters. The van der Waals surface area contributed by atoms with E-state index in [0.29, 0.717) is 5.56 Å². The maximum atomic E-state index is 11.7. The minimum absolute atomic E-state index is 0.139. The molecule has 1 fully saturated rings. The lowest BCUT2D eigenvalue weighted by Gasteiger charge is -2.16. The number of hydrogen-bond acceptors (Lipinski definition) is 7. The molecule has 3 atom stereocenters. The van der Waals surface area contributed by atoms with Crippen molar-refractivity contribution in [3.8, 4) is 0 Å². The second-order valence-electron chi connectivity index (χ2n) is 4.68. The number of aromatic amines is 1. The Hall–Kier alpha value is -2.13. The normalized spacial score (nSPS) is 24.8. The highest BCUT2D eigenvalue weighted by molar-refractivity contribution is 5.59. The molecule has 2 N–H and O–H groups in total. The van der Waals surface area contributed by atoms with Crippen molar-refractivity contribution in [2.24, 2.45) is 0 Å². The van der Waals surface area contributed by atoms with Gasteiger partial charge in [-0.2, -0.15) is 0 Å². The predicted octanol–water partition coefficient (Wildman–Crippen LogP) is -0.724. The van der Waals surface area contributed by atoms with Crippen LogP contribution in [0.4, 0.5) is 4.79 Å². The molecule has 1 saturated heterocycles. The first-order chi connectivity index (χ1) is 9.92. The van der Waals surface area contributed by atoms with Gasteiger partial charge >= 0.3 is 11.8 Å². The quantitative estimate of drug-likeness (QED) is 0.706. The van der Waals surface area contributed by atoms with Gasteiger partial charge in [-0.1, -0.05) is 0 Å². The number of carbonyl (C=O) groups excluding carboxylic acids is 1. The topological polar surface area (TPSA) is 120 Å². The van der Waals surface area contributed by atoms with Gasteiger partial charge in [0.25, 0.3) is 5.56 Å². The first kappa shape index (κ1) is 15.3. The Kier molecular flexibility index (Phi) is 4.43. The smallest absolute Gasteiger partial charge is 0.438 e. The van der Waals surface area contributed by atoms with Crippen molar-refractivity contribution in [1.29, 1.82) is 0 Å². The van der Waals surface area contributed by atoms with E-state index in [0.717, 1.165) is 0 Å². The third-order valence-corrected chi connectivity index (χ3v) is 3.19. The van der Waals surface area contributed by atoms with Crippen molar-refractivity contribution in [3.05, 3.63) is 32.6 Å². The van der Waals surface area contributed by atoms with E-state index < -0.39 is 35.8 Å².